The molecule has 0 radical (unpaired) electrons. The highest BCUT2D eigenvalue weighted by Gasteiger charge is 2.06. The Morgan fingerprint density at radius 3 is 2.41 bits per heavy atom. The summed E-state index contributed by atoms with van der Waals surface area (Å²) in [5.74, 6) is 0.756. The fraction of sp³-hybridized carbons (Fsp3) is 0.174. The van der Waals surface area contributed by atoms with Crippen molar-refractivity contribution in [1.82, 2.24) is 25.4 Å². The number of benzene rings is 2. The molecule has 0 spiro atoms. The number of aromatic nitrogens is 3. The summed E-state index contributed by atoms with van der Waals surface area (Å²) in [6.45, 7) is 2.09. The second-order valence-corrected chi connectivity index (χ2v) is 6.74. The Labute approximate surface area is 170 Å². The second-order valence-electron chi connectivity index (χ2n) is 6.74. The highest BCUT2D eigenvalue weighted by atomic mass is 15.3. The third-order valence-electron chi connectivity index (χ3n) is 4.84. The van der Waals surface area contributed by atoms with Gasteiger partial charge in [0, 0.05) is 44.1 Å². The molecule has 2 heterocycles. The summed E-state index contributed by atoms with van der Waals surface area (Å²) in [5.41, 5.74) is 4.61. The Bertz CT molecular complexity index is 1100. The first-order valence-electron chi connectivity index (χ1n) is 9.65. The molecule has 0 bridgehead atoms. The van der Waals surface area contributed by atoms with E-state index >= 15 is 0 Å². The van der Waals surface area contributed by atoms with E-state index in [2.05, 4.69) is 74.2 Å². The number of hydrogen-bond donors (Lipinski definition) is 2. The molecule has 0 atom stereocenters. The van der Waals surface area contributed by atoms with Crippen LogP contribution in [0.4, 0.5) is 0 Å². The van der Waals surface area contributed by atoms with Crippen molar-refractivity contribution < 1.29 is 0 Å². The van der Waals surface area contributed by atoms with E-state index in [9.17, 15) is 0 Å². The van der Waals surface area contributed by atoms with Crippen LogP contribution in [0.5, 0.6) is 0 Å². The van der Waals surface area contributed by atoms with Gasteiger partial charge < -0.3 is 10.6 Å². The first-order chi connectivity index (χ1) is 14.3. The third kappa shape index (κ3) is 4.60. The topological polar surface area (TPSA) is 67.1 Å². The molecule has 2 aromatic carbocycles. The number of fused-ring (bicyclic) bond motifs is 1. The summed E-state index contributed by atoms with van der Waals surface area (Å²) in [5, 5.41) is 12.3. The number of hydrogen-bond acceptors (Lipinski definition) is 3. The summed E-state index contributed by atoms with van der Waals surface area (Å²) < 4.78 is 1.93. The molecule has 0 aliphatic carbocycles. The fourth-order valence-electron chi connectivity index (χ4n) is 3.34. The van der Waals surface area contributed by atoms with Crippen molar-refractivity contribution in [1.29, 1.82) is 0 Å². The van der Waals surface area contributed by atoms with Crippen molar-refractivity contribution in [2.45, 2.75) is 19.6 Å². The van der Waals surface area contributed by atoms with Crippen LogP contribution in [0.15, 0.2) is 84.2 Å². The quantitative estimate of drug-likeness (QED) is 0.395. The van der Waals surface area contributed by atoms with Crippen LogP contribution in [0.2, 0.25) is 0 Å². The van der Waals surface area contributed by atoms with Crippen molar-refractivity contribution in [3.05, 3.63) is 95.9 Å². The number of rotatable bonds is 6. The van der Waals surface area contributed by atoms with Gasteiger partial charge in [0.15, 0.2) is 5.96 Å². The Balaban J connectivity index is 1.40. The summed E-state index contributed by atoms with van der Waals surface area (Å²) in [4.78, 5) is 8.88. The number of guanidine groups is 1. The van der Waals surface area contributed by atoms with Crippen LogP contribution in [0, 0.1) is 0 Å². The molecule has 2 aromatic heterocycles. The molecule has 0 aliphatic rings. The van der Waals surface area contributed by atoms with Gasteiger partial charge in [-0.15, -0.1) is 0 Å². The number of nitrogens with zero attached hydrogens (tertiary/aromatic N) is 4. The maximum absolute atomic E-state index is 4.52. The van der Waals surface area contributed by atoms with E-state index in [1.54, 1.807) is 13.2 Å². The molecule has 29 heavy (non-hydrogen) atoms. The molecule has 2 N–H and O–H groups in total. The molecule has 0 aliphatic heterocycles. The van der Waals surface area contributed by atoms with Gasteiger partial charge in [0.2, 0.25) is 0 Å². The first kappa shape index (κ1) is 18.7. The van der Waals surface area contributed by atoms with E-state index in [0.29, 0.717) is 13.1 Å². The molecular weight excluding hydrogens is 360 g/mol. The Kier molecular flexibility index (Phi) is 5.81. The van der Waals surface area contributed by atoms with Crippen molar-refractivity contribution >= 4 is 16.9 Å². The molecule has 0 saturated heterocycles. The van der Waals surface area contributed by atoms with E-state index in [1.807, 2.05) is 29.2 Å². The van der Waals surface area contributed by atoms with Gasteiger partial charge in [-0.3, -0.25) is 14.7 Å². The van der Waals surface area contributed by atoms with Gasteiger partial charge >= 0.3 is 0 Å². The second kappa shape index (κ2) is 9.01. The van der Waals surface area contributed by atoms with Crippen LogP contribution < -0.4 is 10.6 Å². The van der Waals surface area contributed by atoms with Crippen molar-refractivity contribution in [2.24, 2.45) is 4.99 Å². The summed E-state index contributed by atoms with van der Waals surface area (Å²) in [6, 6.07) is 20.6. The third-order valence-corrected chi connectivity index (χ3v) is 4.84. The monoisotopic (exact) mass is 384 g/mol. The number of aliphatic imine (C=N–C) groups is 1. The lowest BCUT2D eigenvalue weighted by Crippen LogP contribution is -2.36. The lowest BCUT2D eigenvalue weighted by Gasteiger charge is -2.15. The minimum absolute atomic E-state index is 0.656. The zero-order valence-corrected chi connectivity index (χ0v) is 16.4. The SMILES string of the molecule is CN=C(NCc1ccccc1Cn1cccn1)NCc1cccc2cccnc12. The Hall–Kier alpha value is -3.67. The highest BCUT2D eigenvalue weighted by Crippen LogP contribution is 2.15. The van der Waals surface area contributed by atoms with Crippen LogP contribution in [-0.2, 0) is 19.6 Å². The van der Waals surface area contributed by atoms with E-state index in [1.165, 1.54) is 11.1 Å². The van der Waals surface area contributed by atoms with Gasteiger partial charge in [0.1, 0.15) is 0 Å². The molecule has 0 saturated carbocycles. The maximum Gasteiger partial charge on any atom is 0.191 e. The maximum atomic E-state index is 4.52. The van der Waals surface area contributed by atoms with Crippen LogP contribution in [0.25, 0.3) is 10.9 Å². The molecular formula is C23H24N6. The van der Waals surface area contributed by atoms with Gasteiger partial charge in [-0.25, -0.2) is 0 Å². The zero-order valence-electron chi connectivity index (χ0n) is 16.4. The van der Waals surface area contributed by atoms with Crippen LogP contribution in [0.3, 0.4) is 0 Å². The molecule has 4 rings (SSSR count). The largest absolute Gasteiger partial charge is 0.352 e. The molecule has 6 nitrogen and oxygen atoms in total. The van der Waals surface area contributed by atoms with Crippen molar-refractivity contribution in [3.63, 3.8) is 0 Å². The predicted molar refractivity (Wildman–Crippen MR) is 117 cm³/mol. The number of pyridine rings is 1. The molecule has 6 heteroatoms. The average Bonchev–Trinajstić information content (AvgIpc) is 3.28. The van der Waals surface area contributed by atoms with Gasteiger partial charge in [0.25, 0.3) is 0 Å². The van der Waals surface area contributed by atoms with Crippen LogP contribution >= 0.6 is 0 Å². The first-order valence-corrected chi connectivity index (χ1v) is 9.65. The average molecular weight is 384 g/mol. The Morgan fingerprint density at radius 1 is 0.862 bits per heavy atom. The van der Waals surface area contributed by atoms with Gasteiger partial charge in [-0.1, -0.05) is 48.5 Å². The molecule has 4 aromatic rings. The minimum Gasteiger partial charge on any atom is -0.352 e. The van der Waals surface area contributed by atoms with Gasteiger partial charge in [-0.05, 0) is 28.8 Å². The minimum atomic E-state index is 0.656. The van der Waals surface area contributed by atoms with Crippen molar-refractivity contribution in [2.75, 3.05) is 7.05 Å². The molecule has 0 fully saturated rings. The van der Waals surface area contributed by atoms with Crippen LogP contribution in [0.1, 0.15) is 16.7 Å². The number of nitrogens with one attached hydrogen (secondary N) is 2. The molecule has 0 unspecified atom stereocenters. The normalized spacial score (nSPS) is 11.6. The predicted octanol–water partition coefficient (Wildman–Crippen LogP) is 3.34. The lowest BCUT2D eigenvalue weighted by atomic mass is 10.1. The van der Waals surface area contributed by atoms with Gasteiger partial charge in [0.05, 0.1) is 12.1 Å². The fourth-order valence-corrected chi connectivity index (χ4v) is 3.34. The Morgan fingerprint density at radius 2 is 1.62 bits per heavy atom. The number of para-hydroxylation sites is 1. The lowest BCUT2D eigenvalue weighted by molar-refractivity contribution is 0.677. The van der Waals surface area contributed by atoms with E-state index in [4.69, 9.17) is 0 Å². The summed E-state index contributed by atoms with van der Waals surface area (Å²) >= 11 is 0. The van der Waals surface area contributed by atoms with Gasteiger partial charge in [-0.2, -0.15) is 5.10 Å². The highest BCUT2D eigenvalue weighted by molar-refractivity contribution is 5.83. The van der Waals surface area contributed by atoms with E-state index in [0.717, 1.165) is 29.0 Å². The van der Waals surface area contributed by atoms with Crippen molar-refractivity contribution in [3.8, 4) is 0 Å². The standard InChI is InChI=1S/C23H24N6/c1-24-23(27-16-20-10-4-9-18-11-5-12-25-22(18)20)26-15-19-7-2-3-8-21(19)17-29-14-6-13-28-29/h2-14H,15-17H2,1H3,(H2,24,26,27). The smallest absolute Gasteiger partial charge is 0.191 e. The van der Waals surface area contributed by atoms with E-state index < -0.39 is 0 Å². The van der Waals surface area contributed by atoms with E-state index in [-0.39, 0.29) is 0 Å². The molecule has 0 amide bonds. The van der Waals surface area contributed by atoms with Crippen LogP contribution in [-0.4, -0.2) is 27.8 Å². The molecule has 146 valence electrons. The zero-order chi connectivity index (χ0) is 19.9. The summed E-state index contributed by atoms with van der Waals surface area (Å²) in [6.07, 6.45) is 5.60. The summed E-state index contributed by atoms with van der Waals surface area (Å²) in [7, 11) is 1.78.